The minimum Gasteiger partial charge on any atom is -0.429 e. The van der Waals surface area contributed by atoms with Crippen LogP contribution in [0.4, 0.5) is 0 Å². The SMILES string of the molecule is Cn1cccc1[C@@H]1COCCN1C(=O)c1ccc2[nH]c(=S)oc2c1. The van der Waals surface area contributed by atoms with Gasteiger partial charge in [-0.1, -0.05) is 0 Å². The number of aromatic amines is 1. The van der Waals surface area contributed by atoms with Crippen LogP contribution < -0.4 is 0 Å². The molecule has 4 rings (SSSR count). The Labute approximate surface area is 143 Å². The number of rotatable bonds is 2. The molecule has 0 unspecified atom stereocenters. The number of fused-ring (bicyclic) bond motifs is 1. The average molecular weight is 343 g/mol. The van der Waals surface area contributed by atoms with Gasteiger partial charge >= 0.3 is 0 Å². The van der Waals surface area contributed by atoms with E-state index < -0.39 is 0 Å². The van der Waals surface area contributed by atoms with E-state index in [4.69, 9.17) is 21.4 Å². The lowest BCUT2D eigenvalue weighted by Crippen LogP contribution is -2.44. The standard InChI is InChI=1S/C17H17N3O3S/c1-19-6-2-3-13(19)14-10-22-8-7-20(14)16(21)11-4-5-12-15(9-11)23-17(24)18-12/h2-6,9,14H,7-8,10H2,1H3,(H,18,24)/t14-/m0/s1. The van der Waals surface area contributed by atoms with Crippen LogP contribution in [0.5, 0.6) is 0 Å². The van der Waals surface area contributed by atoms with Crippen molar-refractivity contribution in [2.45, 2.75) is 6.04 Å². The van der Waals surface area contributed by atoms with Gasteiger partial charge in [0, 0.05) is 31.0 Å². The summed E-state index contributed by atoms with van der Waals surface area (Å²) >= 11 is 5.00. The number of aromatic nitrogens is 2. The predicted molar refractivity (Wildman–Crippen MR) is 91.4 cm³/mol. The zero-order chi connectivity index (χ0) is 16.7. The quantitative estimate of drug-likeness (QED) is 0.727. The van der Waals surface area contributed by atoms with Gasteiger partial charge in [-0.25, -0.2) is 0 Å². The molecule has 1 amide bonds. The average Bonchev–Trinajstić information content (AvgIpc) is 3.17. The Morgan fingerprint density at radius 1 is 1.38 bits per heavy atom. The molecule has 24 heavy (non-hydrogen) atoms. The van der Waals surface area contributed by atoms with Crippen LogP contribution in [0.2, 0.25) is 0 Å². The number of nitrogens with one attached hydrogen (secondary N) is 1. The molecule has 0 bridgehead atoms. The Bertz CT molecular complexity index is 955. The number of carbonyl (C=O) groups excluding carboxylic acids is 1. The summed E-state index contributed by atoms with van der Waals surface area (Å²) in [6, 6.07) is 9.25. The summed E-state index contributed by atoms with van der Waals surface area (Å²) in [6.07, 6.45) is 1.97. The van der Waals surface area contributed by atoms with Gasteiger partial charge in [-0.05, 0) is 42.5 Å². The molecule has 1 atom stereocenters. The number of nitrogens with zero attached hydrogens (tertiary/aromatic N) is 2. The summed E-state index contributed by atoms with van der Waals surface area (Å²) in [7, 11) is 1.97. The van der Waals surface area contributed by atoms with Crippen molar-refractivity contribution in [3.05, 3.63) is 52.6 Å². The molecule has 1 aliphatic heterocycles. The molecule has 1 aromatic carbocycles. The highest BCUT2D eigenvalue weighted by Crippen LogP contribution is 2.27. The van der Waals surface area contributed by atoms with Crippen molar-refractivity contribution in [2.24, 2.45) is 7.05 Å². The number of morpholine rings is 1. The summed E-state index contributed by atoms with van der Waals surface area (Å²) < 4.78 is 13.1. The van der Waals surface area contributed by atoms with E-state index >= 15 is 0 Å². The van der Waals surface area contributed by atoms with E-state index in [9.17, 15) is 4.79 Å². The van der Waals surface area contributed by atoms with Crippen molar-refractivity contribution in [1.82, 2.24) is 14.5 Å². The minimum atomic E-state index is -0.0976. The van der Waals surface area contributed by atoms with Crippen LogP contribution in [0.25, 0.3) is 11.1 Å². The molecule has 1 aliphatic rings. The maximum absolute atomic E-state index is 13.1. The largest absolute Gasteiger partial charge is 0.429 e. The number of hydrogen-bond donors (Lipinski definition) is 1. The summed E-state index contributed by atoms with van der Waals surface area (Å²) in [5.41, 5.74) is 3.02. The number of H-pyrrole nitrogens is 1. The van der Waals surface area contributed by atoms with Gasteiger partial charge in [0.1, 0.15) is 0 Å². The first kappa shape index (κ1) is 15.2. The molecular weight excluding hydrogens is 326 g/mol. The molecule has 1 saturated heterocycles. The molecule has 0 radical (unpaired) electrons. The van der Waals surface area contributed by atoms with Gasteiger partial charge in [-0.15, -0.1) is 0 Å². The first-order valence-electron chi connectivity index (χ1n) is 7.76. The number of carbonyl (C=O) groups is 1. The number of hydrogen-bond acceptors (Lipinski definition) is 4. The fraction of sp³-hybridized carbons (Fsp3) is 0.294. The number of oxazole rings is 1. The molecule has 3 heterocycles. The zero-order valence-corrected chi connectivity index (χ0v) is 14.0. The number of ether oxygens (including phenoxy) is 1. The molecule has 1 N–H and O–H groups in total. The van der Waals surface area contributed by atoms with Gasteiger partial charge in [0.15, 0.2) is 5.58 Å². The van der Waals surface area contributed by atoms with Crippen LogP contribution in [-0.4, -0.2) is 40.1 Å². The van der Waals surface area contributed by atoms with Gasteiger partial charge in [0.05, 0.1) is 24.8 Å². The van der Waals surface area contributed by atoms with Gasteiger partial charge in [0.2, 0.25) is 0 Å². The minimum absolute atomic E-state index is 0.0336. The fourth-order valence-electron chi connectivity index (χ4n) is 3.16. The van der Waals surface area contributed by atoms with E-state index in [-0.39, 0.29) is 11.9 Å². The predicted octanol–water partition coefficient (Wildman–Crippen LogP) is 3.04. The zero-order valence-electron chi connectivity index (χ0n) is 13.2. The molecule has 0 spiro atoms. The van der Waals surface area contributed by atoms with E-state index in [0.717, 1.165) is 11.2 Å². The molecule has 3 aromatic rings. The summed E-state index contributed by atoms with van der Waals surface area (Å²) in [5.74, 6) is -0.0336. The van der Waals surface area contributed by atoms with Crippen LogP contribution >= 0.6 is 12.2 Å². The normalized spacial score (nSPS) is 18.2. The molecule has 2 aromatic heterocycles. The van der Waals surface area contributed by atoms with Crippen LogP contribution in [0.1, 0.15) is 22.1 Å². The smallest absolute Gasteiger partial charge is 0.266 e. The van der Waals surface area contributed by atoms with Crippen molar-refractivity contribution < 1.29 is 13.9 Å². The van der Waals surface area contributed by atoms with Crippen LogP contribution in [-0.2, 0) is 11.8 Å². The third kappa shape index (κ3) is 2.55. The van der Waals surface area contributed by atoms with Gasteiger partial charge in [-0.3, -0.25) is 4.79 Å². The Hall–Kier alpha value is -2.38. The lowest BCUT2D eigenvalue weighted by Gasteiger charge is -2.36. The Balaban J connectivity index is 1.69. The molecule has 0 saturated carbocycles. The van der Waals surface area contributed by atoms with Gasteiger partial charge in [-0.2, -0.15) is 0 Å². The number of aryl methyl sites for hydroxylation is 1. The van der Waals surface area contributed by atoms with E-state index in [1.54, 1.807) is 12.1 Å². The summed E-state index contributed by atoms with van der Waals surface area (Å²) in [5, 5.41) is 0. The van der Waals surface area contributed by atoms with E-state index in [1.807, 2.05) is 40.9 Å². The Morgan fingerprint density at radius 2 is 2.25 bits per heavy atom. The highest BCUT2D eigenvalue weighted by Gasteiger charge is 2.30. The lowest BCUT2D eigenvalue weighted by atomic mass is 10.1. The van der Waals surface area contributed by atoms with Crippen LogP contribution in [0.15, 0.2) is 40.9 Å². The first-order valence-corrected chi connectivity index (χ1v) is 8.17. The molecular formula is C17H17N3O3S. The monoisotopic (exact) mass is 343 g/mol. The third-order valence-corrected chi connectivity index (χ3v) is 4.57. The van der Waals surface area contributed by atoms with Crippen LogP contribution in [0.3, 0.4) is 0 Å². The van der Waals surface area contributed by atoms with Crippen molar-refractivity contribution in [3.8, 4) is 0 Å². The molecule has 6 nitrogen and oxygen atoms in total. The first-order chi connectivity index (χ1) is 11.6. The summed E-state index contributed by atoms with van der Waals surface area (Å²) in [4.78, 5) is 18.2. The van der Waals surface area contributed by atoms with E-state index in [2.05, 4.69) is 4.98 Å². The van der Waals surface area contributed by atoms with Crippen LogP contribution in [0, 0.1) is 4.84 Å². The molecule has 124 valence electrons. The summed E-state index contributed by atoms with van der Waals surface area (Å²) in [6.45, 7) is 1.60. The molecule has 7 heteroatoms. The number of benzene rings is 1. The molecule has 1 fully saturated rings. The van der Waals surface area contributed by atoms with Crippen molar-refractivity contribution in [3.63, 3.8) is 0 Å². The number of amides is 1. The van der Waals surface area contributed by atoms with Gasteiger partial charge < -0.3 is 23.6 Å². The highest BCUT2D eigenvalue weighted by atomic mass is 32.1. The van der Waals surface area contributed by atoms with Gasteiger partial charge in [0.25, 0.3) is 10.7 Å². The second-order valence-corrected chi connectivity index (χ2v) is 6.23. The Kier molecular flexibility index (Phi) is 3.74. The lowest BCUT2D eigenvalue weighted by molar-refractivity contribution is -0.00462. The third-order valence-electron chi connectivity index (χ3n) is 4.38. The van der Waals surface area contributed by atoms with E-state index in [1.165, 1.54) is 0 Å². The Morgan fingerprint density at radius 3 is 3.04 bits per heavy atom. The maximum Gasteiger partial charge on any atom is 0.266 e. The highest BCUT2D eigenvalue weighted by molar-refractivity contribution is 7.71. The molecule has 0 aliphatic carbocycles. The fourth-order valence-corrected chi connectivity index (χ4v) is 3.36. The topological polar surface area (TPSA) is 63.4 Å². The van der Waals surface area contributed by atoms with Crippen molar-refractivity contribution in [2.75, 3.05) is 19.8 Å². The second kappa shape index (κ2) is 5.92. The van der Waals surface area contributed by atoms with Crippen molar-refractivity contribution >= 4 is 29.2 Å². The maximum atomic E-state index is 13.1. The van der Waals surface area contributed by atoms with Crippen molar-refractivity contribution in [1.29, 1.82) is 0 Å². The van der Waals surface area contributed by atoms with E-state index in [0.29, 0.717) is 35.7 Å². The second-order valence-electron chi connectivity index (χ2n) is 5.86.